The smallest absolute Gasteiger partial charge is 0.220 e. The number of alkyl halides is 1. The minimum Gasteiger partial charge on any atom is -0.493 e. The summed E-state index contributed by atoms with van der Waals surface area (Å²) in [4.78, 5) is 12.7. The van der Waals surface area contributed by atoms with Crippen molar-refractivity contribution in [2.75, 3.05) is 27.4 Å². The lowest BCUT2D eigenvalue weighted by molar-refractivity contribution is -0.128. The van der Waals surface area contributed by atoms with E-state index in [4.69, 9.17) is 14.2 Å². The summed E-state index contributed by atoms with van der Waals surface area (Å²) in [5, 5.41) is 13.2. The van der Waals surface area contributed by atoms with Crippen LogP contribution in [-0.4, -0.2) is 48.8 Å². The predicted octanol–water partition coefficient (Wildman–Crippen LogP) is 3.68. The number of carbonyl (C=O) groups excluding carboxylic acids is 1. The number of methoxy groups -OCH3 is 2. The van der Waals surface area contributed by atoms with Gasteiger partial charge in [0.2, 0.25) is 11.7 Å². The molecule has 4 aliphatic rings. The van der Waals surface area contributed by atoms with Gasteiger partial charge in [0.1, 0.15) is 12.7 Å². The first kappa shape index (κ1) is 21.8. The van der Waals surface area contributed by atoms with Gasteiger partial charge in [-0.1, -0.05) is 22.0 Å². The average molecular weight is 482 g/mol. The maximum absolute atomic E-state index is 12.7. The monoisotopic (exact) mass is 481 g/mol. The van der Waals surface area contributed by atoms with Crippen molar-refractivity contribution in [3.63, 3.8) is 0 Å². The first-order valence-electron chi connectivity index (χ1n) is 10.8. The average Bonchev–Trinajstić information content (AvgIpc) is 2.68. The zero-order valence-corrected chi connectivity index (χ0v) is 19.4. The Bertz CT molecular complexity index is 749. The van der Waals surface area contributed by atoms with E-state index in [1.807, 2.05) is 6.07 Å². The molecule has 5 rings (SSSR count). The zero-order valence-electron chi connectivity index (χ0n) is 17.8. The number of aliphatic hydroxyl groups excluding tert-OH is 1. The number of rotatable bonds is 9. The molecular formula is C23H32BrNO5. The number of aliphatic hydroxyl groups is 1. The van der Waals surface area contributed by atoms with Crippen LogP contribution in [0.5, 0.6) is 17.2 Å². The van der Waals surface area contributed by atoms with Crippen LogP contribution in [0.4, 0.5) is 0 Å². The predicted molar refractivity (Wildman–Crippen MR) is 117 cm³/mol. The number of halogens is 1. The molecule has 1 aromatic carbocycles. The van der Waals surface area contributed by atoms with Gasteiger partial charge in [0.25, 0.3) is 0 Å². The van der Waals surface area contributed by atoms with Crippen molar-refractivity contribution in [1.29, 1.82) is 0 Å². The largest absolute Gasteiger partial charge is 0.493 e. The van der Waals surface area contributed by atoms with Crippen LogP contribution >= 0.6 is 15.9 Å². The molecule has 1 amide bonds. The maximum Gasteiger partial charge on any atom is 0.220 e. The molecule has 3 atom stereocenters. The lowest BCUT2D eigenvalue weighted by Crippen LogP contribution is -2.54. The van der Waals surface area contributed by atoms with Crippen LogP contribution in [-0.2, 0) is 4.79 Å². The molecule has 6 nitrogen and oxygen atoms in total. The zero-order chi connectivity index (χ0) is 21.4. The standard InChI is InChI=1S/C23H32BrNO5/c1-28-18-4-3-5-19(29-2)21(18)30-13-17(26)12-25-20(27)11-22-7-15-6-16(8-22)10-23(24,9-15)14-22/h3-5,15-17,26H,6-14H2,1-2H3,(H,25,27). The van der Waals surface area contributed by atoms with Gasteiger partial charge in [-0.25, -0.2) is 0 Å². The Labute approximate surface area is 186 Å². The summed E-state index contributed by atoms with van der Waals surface area (Å²) in [6, 6.07) is 5.35. The lowest BCUT2D eigenvalue weighted by Gasteiger charge is -2.60. The molecule has 4 saturated carbocycles. The van der Waals surface area contributed by atoms with Gasteiger partial charge in [0, 0.05) is 17.3 Å². The number of ether oxygens (including phenoxy) is 3. The third-order valence-corrected chi connectivity index (χ3v) is 7.91. The molecule has 4 aliphatic carbocycles. The molecule has 0 saturated heterocycles. The lowest BCUT2D eigenvalue weighted by atomic mass is 9.48. The van der Waals surface area contributed by atoms with Crippen molar-refractivity contribution in [3.8, 4) is 17.2 Å². The Balaban J connectivity index is 1.27. The SMILES string of the molecule is COc1cccc(OC)c1OCC(O)CNC(=O)CC12CC3CC(CC(Br)(C3)C1)C2. The van der Waals surface area contributed by atoms with E-state index < -0.39 is 6.10 Å². The summed E-state index contributed by atoms with van der Waals surface area (Å²) in [6.07, 6.45) is 7.03. The minimum absolute atomic E-state index is 0.0296. The highest BCUT2D eigenvalue weighted by atomic mass is 79.9. The van der Waals surface area contributed by atoms with E-state index in [0.717, 1.165) is 18.3 Å². The normalized spacial score (nSPS) is 32.5. The Morgan fingerprint density at radius 1 is 1.20 bits per heavy atom. The van der Waals surface area contributed by atoms with E-state index in [9.17, 15) is 9.90 Å². The van der Waals surface area contributed by atoms with Crippen molar-refractivity contribution in [2.24, 2.45) is 17.3 Å². The summed E-state index contributed by atoms with van der Waals surface area (Å²) in [5.74, 6) is 3.07. The van der Waals surface area contributed by atoms with Gasteiger partial charge in [-0.15, -0.1) is 0 Å². The van der Waals surface area contributed by atoms with E-state index in [1.165, 1.54) is 32.1 Å². The number of para-hydroxylation sites is 1. The fourth-order valence-corrected chi connectivity index (χ4v) is 7.89. The number of hydrogen-bond acceptors (Lipinski definition) is 5. The van der Waals surface area contributed by atoms with Gasteiger partial charge < -0.3 is 24.6 Å². The van der Waals surface area contributed by atoms with Gasteiger partial charge in [-0.2, -0.15) is 0 Å². The quantitative estimate of drug-likeness (QED) is 0.526. The molecule has 4 fully saturated rings. The molecule has 166 valence electrons. The Morgan fingerprint density at radius 2 is 1.83 bits per heavy atom. The molecule has 0 heterocycles. The molecule has 0 spiro atoms. The minimum atomic E-state index is -0.817. The van der Waals surface area contributed by atoms with E-state index in [0.29, 0.717) is 23.7 Å². The van der Waals surface area contributed by atoms with E-state index >= 15 is 0 Å². The molecule has 7 heteroatoms. The molecule has 3 unspecified atom stereocenters. The number of carbonyl (C=O) groups is 1. The van der Waals surface area contributed by atoms with Crippen LogP contribution in [0, 0.1) is 17.3 Å². The number of amides is 1. The van der Waals surface area contributed by atoms with Gasteiger partial charge >= 0.3 is 0 Å². The highest BCUT2D eigenvalue weighted by Gasteiger charge is 2.57. The third-order valence-electron chi connectivity index (χ3n) is 6.98. The van der Waals surface area contributed by atoms with Crippen molar-refractivity contribution in [1.82, 2.24) is 5.32 Å². The Hall–Kier alpha value is -1.47. The molecule has 0 radical (unpaired) electrons. The van der Waals surface area contributed by atoms with E-state index in [-0.39, 0.29) is 28.8 Å². The fraction of sp³-hybridized carbons (Fsp3) is 0.696. The molecule has 0 aliphatic heterocycles. The van der Waals surface area contributed by atoms with Crippen LogP contribution in [0.2, 0.25) is 0 Å². The van der Waals surface area contributed by atoms with Gasteiger partial charge in [0.15, 0.2) is 11.5 Å². The summed E-state index contributed by atoms with van der Waals surface area (Å²) in [7, 11) is 3.11. The van der Waals surface area contributed by atoms with Crippen molar-refractivity contribution >= 4 is 21.8 Å². The van der Waals surface area contributed by atoms with Crippen molar-refractivity contribution < 1.29 is 24.1 Å². The van der Waals surface area contributed by atoms with E-state index in [2.05, 4.69) is 21.2 Å². The van der Waals surface area contributed by atoms with Crippen LogP contribution < -0.4 is 19.5 Å². The molecule has 2 N–H and O–H groups in total. The highest BCUT2D eigenvalue weighted by Crippen LogP contribution is 2.65. The molecular weight excluding hydrogens is 450 g/mol. The van der Waals surface area contributed by atoms with Crippen molar-refractivity contribution in [2.45, 2.75) is 55.4 Å². The van der Waals surface area contributed by atoms with Crippen LogP contribution in [0.25, 0.3) is 0 Å². The molecule has 1 aromatic rings. The first-order chi connectivity index (χ1) is 14.3. The van der Waals surface area contributed by atoms with E-state index in [1.54, 1.807) is 26.4 Å². The van der Waals surface area contributed by atoms with Crippen LogP contribution in [0.1, 0.15) is 44.9 Å². The van der Waals surface area contributed by atoms with Crippen LogP contribution in [0.15, 0.2) is 18.2 Å². The second-order valence-corrected chi connectivity index (χ2v) is 11.2. The number of benzene rings is 1. The molecule has 4 bridgehead atoms. The molecule has 0 aromatic heterocycles. The first-order valence-corrected chi connectivity index (χ1v) is 11.6. The summed E-state index contributed by atoms with van der Waals surface area (Å²) in [6.45, 7) is 0.204. The van der Waals surface area contributed by atoms with Crippen molar-refractivity contribution in [3.05, 3.63) is 18.2 Å². The third kappa shape index (κ3) is 4.57. The summed E-state index contributed by atoms with van der Waals surface area (Å²) >= 11 is 4.00. The maximum atomic E-state index is 12.7. The number of hydrogen-bond donors (Lipinski definition) is 2. The second kappa shape index (κ2) is 8.58. The van der Waals surface area contributed by atoms with Gasteiger partial charge in [-0.3, -0.25) is 4.79 Å². The van der Waals surface area contributed by atoms with Crippen LogP contribution in [0.3, 0.4) is 0 Å². The Morgan fingerprint density at radius 3 is 2.40 bits per heavy atom. The summed E-state index contributed by atoms with van der Waals surface area (Å²) < 4.78 is 16.6. The molecule has 30 heavy (non-hydrogen) atoms. The number of nitrogens with one attached hydrogen (secondary N) is 1. The summed E-state index contributed by atoms with van der Waals surface area (Å²) in [5.41, 5.74) is 0.129. The fourth-order valence-electron chi connectivity index (χ4n) is 6.38. The highest BCUT2D eigenvalue weighted by molar-refractivity contribution is 9.10. The topological polar surface area (TPSA) is 77.0 Å². The Kier molecular flexibility index (Phi) is 6.22. The van der Waals surface area contributed by atoms with Gasteiger partial charge in [-0.05, 0) is 67.9 Å². The second-order valence-electron chi connectivity index (χ2n) is 9.55. The van der Waals surface area contributed by atoms with Gasteiger partial charge in [0.05, 0.1) is 14.2 Å².